The number of fused-ring (bicyclic) bond motifs is 2. The van der Waals surface area contributed by atoms with Crippen molar-refractivity contribution in [3.63, 3.8) is 0 Å². The van der Waals surface area contributed by atoms with Crippen molar-refractivity contribution >= 4 is 11.9 Å². The Kier molecular flexibility index (Phi) is 4.93. The van der Waals surface area contributed by atoms with Crippen LogP contribution in [0.2, 0.25) is 0 Å². The van der Waals surface area contributed by atoms with Gasteiger partial charge in [-0.2, -0.15) is 0 Å². The molecule has 2 rings (SSSR count). The standard InChI is InChI=1S/C19H30O4/c1-18(2,3)10-22-16(20)14-12-7-8-13(9-12)15(14)17(21)23-11-19(4,5)6/h12-13H,7-11H2,1-6H3. The van der Waals surface area contributed by atoms with E-state index in [0.29, 0.717) is 24.4 Å². The van der Waals surface area contributed by atoms with E-state index in [9.17, 15) is 9.59 Å². The fraction of sp³-hybridized carbons (Fsp3) is 0.789. The van der Waals surface area contributed by atoms with Crippen LogP contribution in [0.4, 0.5) is 0 Å². The van der Waals surface area contributed by atoms with Gasteiger partial charge in [0.05, 0.1) is 24.4 Å². The molecule has 0 radical (unpaired) electrons. The Balaban J connectivity index is 2.13. The number of esters is 2. The maximum Gasteiger partial charge on any atom is 0.334 e. The first-order valence-corrected chi connectivity index (χ1v) is 8.56. The van der Waals surface area contributed by atoms with Crippen LogP contribution < -0.4 is 0 Å². The topological polar surface area (TPSA) is 52.6 Å². The summed E-state index contributed by atoms with van der Waals surface area (Å²) in [4.78, 5) is 25.0. The smallest absolute Gasteiger partial charge is 0.334 e. The highest BCUT2D eigenvalue weighted by molar-refractivity contribution is 6.02. The Morgan fingerprint density at radius 2 is 1.17 bits per heavy atom. The summed E-state index contributed by atoms with van der Waals surface area (Å²) in [7, 11) is 0. The van der Waals surface area contributed by atoms with Gasteiger partial charge in [0.25, 0.3) is 0 Å². The van der Waals surface area contributed by atoms with Crippen LogP contribution >= 0.6 is 0 Å². The van der Waals surface area contributed by atoms with Crippen LogP contribution in [0, 0.1) is 22.7 Å². The first-order valence-electron chi connectivity index (χ1n) is 8.56. The van der Waals surface area contributed by atoms with Crippen LogP contribution in [0.25, 0.3) is 0 Å². The average Bonchev–Trinajstić information content (AvgIpc) is 3.00. The van der Waals surface area contributed by atoms with Crippen molar-refractivity contribution in [2.45, 2.75) is 60.8 Å². The summed E-state index contributed by atoms with van der Waals surface area (Å²) in [5.41, 5.74) is 1.01. The minimum absolute atomic E-state index is 0.0826. The summed E-state index contributed by atoms with van der Waals surface area (Å²) in [5.74, 6) is -0.307. The van der Waals surface area contributed by atoms with Crippen LogP contribution in [0.15, 0.2) is 11.1 Å². The van der Waals surface area contributed by atoms with E-state index in [1.165, 1.54) is 0 Å². The quantitative estimate of drug-likeness (QED) is 0.737. The van der Waals surface area contributed by atoms with E-state index in [2.05, 4.69) is 0 Å². The minimum Gasteiger partial charge on any atom is -0.462 e. The zero-order chi connectivity index (χ0) is 17.4. The molecule has 0 spiro atoms. The van der Waals surface area contributed by atoms with E-state index >= 15 is 0 Å². The molecular formula is C19H30O4. The van der Waals surface area contributed by atoms with E-state index in [1.807, 2.05) is 41.5 Å². The van der Waals surface area contributed by atoms with E-state index in [4.69, 9.17) is 9.47 Å². The van der Waals surface area contributed by atoms with Gasteiger partial charge in [0.15, 0.2) is 0 Å². The molecule has 2 unspecified atom stereocenters. The molecule has 2 aliphatic rings. The van der Waals surface area contributed by atoms with Crippen molar-refractivity contribution in [1.82, 2.24) is 0 Å². The number of hydrogen-bond donors (Lipinski definition) is 0. The molecule has 0 aromatic heterocycles. The fourth-order valence-corrected chi connectivity index (χ4v) is 3.22. The Hall–Kier alpha value is -1.32. The molecule has 0 heterocycles. The third-order valence-electron chi connectivity index (χ3n) is 4.25. The number of carbonyl (C=O) groups is 2. The maximum atomic E-state index is 12.5. The second kappa shape index (κ2) is 6.29. The molecule has 0 aromatic rings. The van der Waals surface area contributed by atoms with Crippen molar-refractivity contribution in [3.05, 3.63) is 11.1 Å². The van der Waals surface area contributed by atoms with E-state index < -0.39 is 0 Å². The Morgan fingerprint density at radius 1 is 0.826 bits per heavy atom. The predicted octanol–water partition coefficient (Wildman–Crippen LogP) is 3.89. The summed E-state index contributed by atoms with van der Waals surface area (Å²) in [6.07, 6.45) is 2.83. The Bertz CT molecular complexity index is 470. The highest BCUT2D eigenvalue weighted by Gasteiger charge is 2.46. The highest BCUT2D eigenvalue weighted by atomic mass is 16.5. The average molecular weight is 322 g/mol. The van der Waals surface area contributed by atoms with Gasteiger partial charge in [0.2, 0.25) is 0 Å². The molecule has 0 aliphatic heterocycles. The van der Waals surface area contributed by atoms with Gasteiger partial charge in [0, 0.05) is 0 Å². The van der Waals surface area contributed by atoms with E-state index in [0.717, 1.165) is 19.3 Å². The van der Waals surface area contributed by atoms with E-state index in [-0.39, 0.29) is 34.6 Å². The molecule has 1 fully saturated rings. The van der Waals surface area contributed by atoms with E-state index in [1.54, 1.807) is 0 Å². The molecule has 130 valence electrons. The summed E-state index contributed by atoms with van der Waals surface area (Å²) < 4.78 is 10.9. The van der Waals surface area contributed by atoms with Gasteiger partial charge in [-0.05, 0) is 41.9 Å². The number of hydrogen-bond acceptors (Lipinski definition) is 4. The monoisotopic (exact) mass is 322 g/mol. The van der Waals surface area contributed by atoms with Crippen molar-refractivity contribution < 1.29 is 19.1 Å². The minimum atomic E-state index is -0.324. The molecule has 0 saturated heterocycles. The first kappa shape index (κ1) is 18.0. The predicted molar refractivity (Wildman–Crippen MR) is 88.7 cm³/mol. The molecule has 23 heavy (non-hydrogen) atoms. The SMILES string of the molecule is CC(C)(C)COC(=O)C1=C(C(=O)OCC(C)(C)C)C2CCC1C2. The molecule has 4 heteroatoms. The largest absolute Gasteiger partial charge is 0.462 e. The van der Waals surface area contributed by atoms with Gasteiger partial charge < -0.3 is 9.47 Å². The zero-order valence-corrected chi connectivity index (χ0v) is 15.3. The van der Waals surface area contributed by atoms with Gasteiger partial charge in [-0.15, -0.1) is 0 Å². The molecule has 2 bridgehead atoms. The lowest BCUT2D eigenvalue weighted by Crippen LogP contribution is -2.26. The fourth-order valence-electron chi connectivity index (χ4n) is 3.22. The summed E-state index contributed by atoms with van der Waals surface area (Å²) in [6, 6.07) is 0. The molecule has 0 aromatic carbocycles. The van der Waals surface area contributed by atoms with Crippen LogP contribution in [0.5, 0.6) is 0 Å². The normalized spacial score (nSPS) is 24.1. The van der Waals surface area contributed by atoms with Crippen molar-refractivity contribution in [2.75, 3.05) is 13.2 Å². The number of ether oxygens (including phenoxy) is 2. The summed E-state index contributed by atoms with van der Waals surface area (Å²) >= 11 is 0. The maximum absolute atomic E-state index is 12.5. The molecule has 2 atom stereocenters. The van der Waals surface area contributed by atoms with Crippen LogP contribution in [0.1, 0.15) is 60.8 Å². The second-order valence-electron chi connectivity index (χ2n) is 9.31. The highest BCUT2D eigenvalue weighted by Crippen LogP contribution is 2.49. The lowest BCUT2D eigenvalue weighted by molar-refractivity contribution is -0.145. The number of carbonyl (C=O) groups excluding carboxylic acids is 2. The number of rotatable bonds is 4. The second-order valence-corrected chi connectivity index (χ2v) is 9.31. The van der Waals surface area contributed by atoms with Gasteiger partial charge in [-0.25, -0.2) is 9.59 Å². The zero-order valence-electron chi connectivity index (χ0n) is 15.3. The third kappa shape index (κ3) is 4.58. The van der Waals surface area contributed by atoms with Gasteiger partial charge in [0.1, 0.15) is 0 Å². The Morgan fingerprint density at radius 3 is 1.48 bits per heavy atom. The van der Waals surface area contributed by atoms with Crippen molar-refractivity contribution in [1.29, 1.82) is 0 Å². The molecule has 2 aliphatic carbocycles. The van der Waals surface area contributed by atoms with Gasteiger partial charge >= 0.3 is 11.9 Å². The molecular weight excluding hydrogens is 292 g/mol. The van der Waals surface area contributed by atoms with Crippen LogP contribution in [0.3, 0.4) is 0 Å². The lowest BCUT2D eigenvalue weighted by Gasteiger charge is -2.23. The van der Waals surface area contributed by atoms with Gasteiger partial charge in [-0.1, -0.05) is 41.5 Å². The van der Waals surface area contributed by atoms with Gasteiger partial charge in [-0.3, -0.25) is 0 Å². The first-order chi connectivity index (χ1) is 10.5. The molecule has 4 nitrogen and oxygen atoms in total. The molecule has 0 amide bonds. The van der Waals surface area contributed by atoms with Crippen LogP contribution in [-0.4, -0.2) is 25.2 Å². The summed E-state index contributed by atoms with van der Waals surface area (Å²) in [5, 5.41) is 0. The Labute approximate surface area is 139 Å². The molecule has 1 saturated carbocycles. The summed E-state index contributed by atoms with van der Waals surface area (Å²) in [6.45, 7) is 12.8. The van der Waals surface area contributed by atoms with Crippen molar-refractivity contribution in [2.24, 2.45) is 22.7 Å². The van der Waals surface area contributed by atoms with Crippen molar-refractivity contribution in [3.8, 4) is 0 Å². The van der Waals surface area contributed by atoms with Crippen LogP contribution in [-0.2, 0) is 19.1 Å². The molecule has 0 N–H and O–H groups in total. The third-order valence-corrected chi connectivity index (χ3v) is 4.25. The lowest BCUT2D eigenvalue weighted by atomic mass is 9.91.